The van der Waals surface area contributed by atoms with E-state index in [1.54, 1.807) is 30.0 Å². The first-order valence-electron chi connectivity index (χ1n) is 6.70. The molecule has 0 unspecified atom stereocenters. The molecule has 0 saturated heterocycles. The fraction of sp³-hybridized carbons (Fsp3) is 0.333. The van der Waals surface area contributed by atoms with Gasteiger partial charge in [-0.25, -0.2) is 0 Å². The van der Waals surface area contributed by atoms with Crippen molar-refractivity contribution in [3.63, 3.8) is 0 Å². The van der Waals surface area contributed by atoms with Gasteiger partial charge in [0.15, 0.2) is 0 Å². The van der Waals surface area contributed by atoms with E-state index in [4.69, 9.17) is 5.26 Å². The average Bonchev–Trinajstić information content (AvgIpc) is 2.47. The van der Waals surface area contributed by atoms with E-state index in [1.165, 1.54) is 11.8 Å². The Bertz CT molecular complexity index is 608. The molecule has 0 aromatic heterocycles. The van der Waals surface area contributed by atoms with E-state index in [2.05, 4.69) is 12.2 Å². The molecule has 0 radical (unpaired) electrons. The summed E-state index contributed by atoms with van der Waals surface area (Å²) in [6.07, 6.45) is 2.11. The number of amides is 1. The van der Waals surface area contributed by atoms with Crippen LogP contribution in [-0.2, 0) is 4.79 Å². The van der Waals surface area contributed by atoms with Gasteiger partial charge in [0.2, 0.25) is 0 Å². The summed E-state index contributed by atoms with van der Waals surface area (Å²) in [5.74, 6) is 0.655. The molecule has 0 fully saturated rings. The summed E-state index contributed by atoms with van der Waals surface area (Å²) in [6.45, 7) is 2.10. The summed E-state index contributed by atoms with van der Waals surface area (Å²) in [5, 5.41) is 21.5. The summed E-state index contributed by atoms with van der Waals surface area (Å²) in [6, 6.07) is 8.90. The topological polar surface area (TPSA) is 73.1 Å². The summed E-state index contributed by atoms with van der Waals surface area (Å²) in [4.78, 5) is 12.1. The van der Waals surface area contributed by atoms with Gasteiger partial charge in [-0.2, -0.15) is 5.26 Å². The highest BCUT2D eigenvalue weighted by Gasteiger charge is 2.30. The number of hydrogen-bond acceptors (Lipinski definition) is 5. The molecule has 1 aliphatic rings. The van der Waals surface area contributed by atoms with E-state index in [1.807, 2.05) is 12.1 Å². The number of benzene rings is 1. The molecule has 0 aliphatic carbocycles. The fourth-order valence-corrected chi connectivity index (χ4v) is 4.52. The Kier molecular flexibility index (Phi) is 5.59. The summed E-state index contributed by atoms with van der Waals surface area (Å²) in [5.41, 5.74) is 0.828. The van der Waals surface area contributed by atoms with Crippen molar-refractivity contribution in [3.8, 4) is 11.8 Å². The lowest BCUT2D eigenvalue weighted by Crippen LogP contribution is -2.31. The van der Waals surface area contributed by atoms with Gasteiger partial charge in [-0.3, -0.25) is 4.79 Å². The second kappa shape index (κ2) is 7.43. The van der Waals surface area contributed by atoms with Crippen LogP contribution in [0.2, 0.25) is 0 Å². The highest BCUT2D eigenvalue weighted by molar-refractivity contribution is 8.22. The number of nitriles is 1. The number of nitrogens with zero attached hydrogens (tertiary/aromatic N) is 1. The van der Waals surface area contributed by atoms with Crippen LogP contribution in [0.4, 0.5) is 0 Å². The summed E-state index contributed by atoms with van der Waals surface area (Å²) in [7, 11) is 0. The molecule has 0 bridgehead atoms. The first-order chi connectivity index (χ1) is 10.2. The number of carbonyl (C=O) groups is 1. The number of para-hydroxylation sites is 1. The monoisotopic (exact) mass is 320 g/mol. The van der Waals surface area contributed by atoms with Gasteiger partial charge in [-0.05, 0) is 18.2 Å². The number of hydrogen-bond donors (Lipinski definition) is 2. The molecule has 2 N–H and O–H groups in total. The molecule has 1 atom stereocenters. The van der Waals surface area contributed by atoms with Gasteiger partial charge in [0, 0.05) is 5.56 Å². The number of nitrogens with one attached hydrogen (secondary N) is 1. The van der Waals surface area contributed by atoms with Gasteiger partial charge >= 0.3 is 0 Å². The summed E-state index contributed by atoms with van der Waals surface area (Å²) < 4.78 is 0.739. The number of aromatic hydroxyl groups is 1. The normalized spacial score (nSPS) is 18.3. The highest BCUT2D eigenvalue weighted by Crippen LogP contribution is 2.45. The van der Waals surface area contributed by atoms with Crippen molar-refractivity contribution in [2.75, 3.05) is 5.75 Å². The van der Waals surface area contributed by atoms with Crippen LogP contribution < -0.4 is 5.32 Å². The average molecular weight is 320 g/mol. The van der Waals surface area contributed by atoms with Crippen LogP contribution in [0, 0.1) is 11.3 Å². The van der Waals surface area contributed by atoms with Crippen LogP contribution >= 0.6 is 23.5 Å². The molecule has 4 nitrogen and oxygen atoms in total. The van der Waals surface area contributed by atoms with Crippen molar-refractivity contribution in [1.82, 2.24) is 5.32 Å². The fourth-order valence-electron chi connectivity index (χ4n) is 1.84. The third kappa shape index (κ3) is 3.74. The van der Waals surface area contributed by atoms with Gasteiger partial charge in [-0.15, -0.1) is 11.8 Å². The minimum Gasteiger partial charge on any atom is -0.508 e. The number of carbonyl (C=O) groups excluding carboxylic acids is 1. The van der Waals surface area contributed by atoms with Crippen molar-refractivity contribution in [2.45, 2.75) is 25.1 Å². The van der Waals surface area contributed by atoms with Crippen LogP contribution in [0.15, 0.2) is 34.1 Å². The summed E-state index contributed by atoms with van der Waals surface area (Å²) >= 11 is 2.95. The van der Waals surface area contributed by atoms with Crippen LogP contribution in [0.3, 0.4) is 0 Å². The first kappa shape index (κ1) is 15.8. The number of phenols is 1. The SMILES string of the molecule is CCCCSC1=C(C#N)C(=O)N[C@H](c2ccccc2O)S1. The highest BCUT2D eigenvalue weighted by atomic mass is 32.2. The maximum absolute atomic E-state index is 12.1. The van der Waals surface area contributed by atoms with Crippen LogP contribution in [0.1, 0.15) is 30.7 Å². The Morgan fingerprint density at radius 2 is 2.24 bits per heavy atom. The third-order valence-corrected chi connectivity index (χ3v) is 5.61. The molecule has 1 aromatic rings. The van der Waals surface area contributed by atoms with E-state index < -0.39 is 0 Å². The van der Waals surface area contributed by atoms with Crippen molar-refractivity contribution >= 4 is 29.4 Å². The largest absolute Gasteiger partial charge is 0.508 e. The minimum absolute atomic E-state index is 0.147. The smallest absolute Gasteiger partial charge is 0.264 e. The van der Waals surface area contributed by atoms with Crippen LogP contribution in [0.5, 0.6) is 5.75 Å². The molecule has 1 aliphatic heterocycles. The second-order valence-corrected chi connectivity index (χ2v) is 6.99. The second-order valence-electron chi connectivity index (χ2n) is 4.51. The predicted molar refractivity (Wildman–Crippen MR) is 86.6 cm³/mol. The van der Waals surface area contributed by atoms with Crippen molar-refractivity contribution in [1.29, 1.82) is 5.26 Å². The molecule has 0 spiro atoms. The van der Waals surface area contributed by atoms with Crippen molar-refractivity contribution in [2.24, 2.45) is 0 Å². The lowest BCUT2D eigenvalue weighted by Gasteiger charge is -2.25. The maximum Gasteiger partial charge on any atom is 0.264 e. The van der Waals surface area contributed by atoms with Crippen molar-refractivity contribution < 1.29 is 9.90 Å². The number of rotatable bonds is 5. The molecule has 1 heterocycles. The molecule has 1 aromatic carbocycles. The van der Waals surface area contributed by atoms with E-state index in [0.29, 0.717) is 5.56 Å². The molecule has 6 heteroatoms. The maximum atomic E-state index is 12.1. The number of phenolic OH excluding ortho intramolecular Hbond substituents is 1. The zero-order valence-electron chi connectivity index (χ0n) is 11.6. The molecule has 110 valence electrons. The van der Waals surface area contributed by atoms with E-state index >= 15 is 0 Å². The van der Waals surface area contributed by atoms with Crippen LogP contribution in [0.25, 0.3) is 0 Å². The Labute approximate surface area is 132 Å². The van der Waals surface area contributed by atoms with Gasteiger partial charge in [0.05, 0.1) is 4.24 Å². The lowest BCUT2D eigenvalue weighted by atomic mass is 10.2. The quantitative estimate of drug-likeness (QED) is 0.812. The molecule has 1 amide bonds. The Hall–Kier alpha value is -1.58. The van der Waals surface area contributed by atoms with Gasteiger partial charge in [-0.1, -0.05) is 43.3 Å². The van der Waals surface area contributed by atoms with Crippen LogP contribution in [-0.4, -0.2) is 16.8 Å². The first-order valence-corrected chi connectivity index (χ1v) is 8.56. The number of unbranched alkanes of at least 4 members (excludes halogenated alkanes) is 1. The van der Waals surface area contributed by atoms with Gasteiger partial charge in [0.1, 0.15) is 22.8 Å². The van der Waals surface area contributed by atoms with Gasteiger partial charge < -0.3 is 10.4 Å². The number of thioether (sulfide) groups is 2. The Morgan fingerprint density at radius 3 is 2.90 bits per heavy atom. The molecule has 21 heavy (non-hydrogen) atoms. The van der Waals surface area contributed by atoms with E-state index in [0.717, 1.165) is 22.8 Å². The Morgan fingerprint density at radius 1 is 1.48 bits per heavy atom. The standard InChI is InChI=1S/C15H16N2O2S2/c1-2-3-8-20-15-11(9-16)13(19)17-14(21-15)10-6-4-5-7-12(10)18/h4-7,14,18H,2-3,8H2,1H3,(H,17,19)/t14-/m0/s1. The van der Waals surface area contributed by atoms with Crippen molar-refractivity contribution in [3.05, 3.63) is 39.6 Å². The lowest BCUT2D eigenvalue weighted by molar-refractivity contribution is -0.117. The molecular weight excluding hydrogens is 304 g/mol. The van der Waals surface area contributed by atoms with E-state index in [-0.39, 0.29) is 22.6 Å². The third-order valence-electron chi connectivity index (χ3n) is 2.98. The molecular formula is C15H16N2O2S2. The zero-order chi connectivity index (χ0) is 15.2. The zero-order valence-corrected chi connectivity index (χ0v) is 13.3. The van der Waals surface area contributed by atoms with Gasteiger partial charge in [0.25, 0.3) is 5.91 Å². The molecule has 2 rings (SSSR count). The minimum atomic E-state index is -0.372. The molecule has 0 saturated carbocycles. The van der Waals surface area contributed by atoms with E-state index in [9.17, 15) is 9.90 Å². The Balaban J connectivity index is 2.24. The predicted octanol–water partition coefficient (Wildman–Crippen LogP) is 3.52.